The highest BCUT2D eigenvalue weighted by molar-refractivity contribution is 6.07. The molecule has 2 aromatic rings. The summed E-state index contributed by atoms with van der Waals surface area (Å²) in [6.45, 7) is 4.73. The Morgan fingerprint density at radius 1 is 0.969 bits per heavy atom. The second-order valence-corrected chi connectivity index (χ2v) is 8.71. The van der Waals surface area contributed by atoms with Crippen LogP contribution in [-0.2, 0) is 17.9 Å². The van der Waals surface area contributed by atoms with Crippen LogP contribution >= 0.6 is 0 Å². The minimum absolute atomic E-state index is 0.100. The Labute approximate surface area is 189 Å². The van der Waals surface area contributed by atoms with Crippen molar-refractivity contribution < 1.29 is 19.1 Å². The number of amides is 3. The molecular weight excluding hydrogens is 406 g/mol. The largest absolute Gasteiger partial charge is 0.493 e. The molecular formula is C25H31N3O4. The number of hydrogen-bond donors (Lipinski definition) is 1. The molecule has 0 aliphatic carbocycles. The summed E-state index contributed by atoms with van der Waals surface area (Å²) in [7, 11) is 3.12. The van der Waals surface area contributed by atoms with Gasteiger partial charge in [-0.3, -0.25) is 14.6 Å². The molecule has 1 unspecified atom stereocenters. The minimum Gasteiger partial charge on any atom is -0.493 e. The zero-order chi connectivity index (χ0) is 22.7. The molecule has 2 aromatic carbocycles. The van der Waals surface area contributed by atoms with E-state index in [2.05, 4.69) is 34.5 Å². The number of benzene rings is 2. The first kappa shape index (κ1) is 22.1. The fourth-order valence-electron chi connectivity index (χ4n) is 4.89. The summed E-state index contributed by atoms with van der Waals surface area (Å²) < 4.78 is 10.8. The van der Waals surface area contributed by atoms with Crippen molar-refractivity contribution in [2.75, 3.05) is 27.3 Å². The molecule has 4 rings (SSSR count). The molecule has 170 valence electrons. The number of imide groups is 1. The number of carbonyl (C=O) groups is 2. The minimum atomic E-state index is -0.887. The second kappa shape index (κ2) is 9.20. The smallest absolute Gasteiger partial charge is 0.325 e. The molecule has 2 aliphatic rings. The quantitative estimate of drug-likeness (QED) is 0.672. The molecule has 32 heavy (non-hydrogen) atoms. The average molecular weight is 438 g/mol. The topological polar surface area (TPSA) is 71.1 Å². The first-order valence-electron chi connectivity index (χ1n) is 11.1. The summed E-state index contributed by atoms with van der Waals surface area (Å²) in [6.07, 6.45) is 1.73. The van der Waals surface area contributed by atoms with E-state index in [-0.39, 0.29) is 24.4 Å². The number of carbonyl (C=O) groups excluding carboxylic acids is 2. The van der Waals surface area contributed by atoms with E-state index >= 15 is 0 Å². The Hall–Kier alpha value is -3.06. The third kappa shape index (κ3) is 4.17. The van der Waals surface area contributed by atoms with Crippen molar-refractivity contribution in [3.63, 3.8) is 0 Å². The highest BCUT2D eigenvalue weighted by atomic mass is 16.5. The van der Waals surface area contributed by atoms with Crippen LogP contribution in [0, 0.1) is 5.92 Å². The van der Waals surface area contributed by atoms with Crippen LogP contribution in [0.3, 0.4) is 0 Å². The van der Waals surface area contributed by atoms with Crippen molar-refractivity contribution in [2.45, 2.75) is 38.4 Å². The van der Waals surface area contributed by atoms with Crippen LogP contribution in [0.5, 0.6) is 11.5 Å². The van der Waals surface area contributed by atoms with Gasteiger partial charge in [-0.25, -0.2) is 4.79 Å². The Bertz CT molecular complexity index is 972. The van der Waals surface area contributed by atoms with Gasteiger partial charge in [0, 0.05) is 12.1 Å². The monoisotopic (exact) mass is 437 g/mol. The molecule has 1 atom stereocenters. The highest BCUT2D eigenvalue weighted by Crippen LogP contribution is 2.36. The molecule has 0 spiro atoms. The van der Waals surface area contributed by atoms with Gasteiger partial charge in [0.25, 0.3) is 5.91 Å². The van der Waals surface area contributed by atoms with E-state index in [4.69, 9.17) is 9.47 Å². The standard InChI is InChI=1S/C25H31N3O4/c1-25(20-12-14-27(15-13-20)16-18-8-5-4-6-9-18)23(29)28(24(30)26-25)17-19-10-7-11-21(31-2)22(19)32-3/h4-11,20H,12-17H2,1-3H3,(H,26,30). The van der Waals surface area contributed by atoms with Crippen LogP contribution in [0.2, 0.25) is 0 Å². The summed E-state index contributed by atoms with van der Waals surface area (Å²) in [6, 6.07) is 15.5. The number of ether oxygens (including phenoxy) is 2. The van der Waals surface area contributed by atoms with Crippen molar-refractivity contribution >= 4 is 11.9 Å². The van der Waals surface area contributed by atoms with Gasteiger partial charge in [0.1, 0.15) is 5.54 Å². The van der Waals surface area contributed by atoms with Crippen LogP contribution in [0.25, 0.3) is 0 Å². The van der Waals surface area contributed by atoms with Gasteiger partial charge < -0.3 is 14.8 Å². The van der Waals surface area contributed by atoms with Crippen LogP contribution in [0.15, 0.2) is 48.5 Å². The maximum Gasteiger partial charge on any atom is 0.325 e. The van der Waals surface area contributed by atoms with Crippen molar-refractivity contribution in [3.8, 4) is 11.5 Å². The number of methoxy groups -OCH3 is 2. The SMILES string of the molecule is COc1cccc(CN2C(=O)NC(C)(C3CCN(Cc4ccccc4)CC3)C2=O)c1OC. The van der Waals surface area contributed by atoms with E-state index in [1.807, 2.05) is 25.1 Å². The molecule has 2 aliphatic heterocycles. The van der Waals surface area contributed by atoms with E-state index < -0.39 is 5.54 Å². The van der Waals surface area contributed by atoms with Gasteiger partial charge in [0.05, 0.1) is 20.8 Å². The lowest BCUT2D eigenvalue weighted by Gasteiger charge is -2.39. The molecule has 3 amide bonds. The van der Waals surface area contributed by atoms with Gasteiger partial charge in [-0.15, -0.1) is 0 Å². The Morgan fingerprint density at radius 2 is 1.69 bits per heavy atom. The Balaban J connectivity index is 1.43. The van der Waals surface area contributed by atoms with E-state index in [0.29, 0.717) is 11.5 Å². The zero-order valence-corrected chi connectivity index (χ0v) is 19.0. The number of nitrogens with one attached hydrogen (secondary N) is 1. The maximum atomic E-state index is 13.4. The Kier molecular flexibility index (Phi) is 6.37. The number of hydrogen-bond acceptors (Lipinski definition) is 5. The van der Waals surface area contributed by atoms with Gasteiger partial charge in [-0.2, -0.15) is 0 Å². The molecule has 7 nitrogen and oxygen atoms in total. The predicted octanol–water partition coefficient (Wildman–Crippen LogP) is 3.43. The van der Waals surface area contributed by atoms with E-state index in [1.165, 1.54) is 10.5 Å². The summed E-state index contributed by atoms with van der Waals surface area (Å²) in [4.78, 5) is 30.0. The van der Waals surface area contributed by atoms with E-state index in [9.17, 15) is 9.59 Å². The van der Waals surface area contributed by atoms with E-state index in [1.54, 1.807) is 20.3 Å². The Morgan fingerprint density at radius 3 is 2.34 bits per heavy atom. The highest BCUT2D eigenvalue weighted by Gasteiger charge is 2.52. The molecule has 0 saturated carbocycles. The first-order chi connectivity index (χ1) is 15.5. The van der Waals surface area contributed by atoms with Gasteiger partial charge in [-0.1, -0.05) is 42.5 Å². The van der Waals surface area contributed by atoms with E-state index in [0.717, 1.165) is 38.0 Å². The number of piperidine rings is 1. The van der Waals surface area contributed by atoms with Crippen LogP contribution in [0.1, 0.15) is 30.9 Å². The van der Waals surface area contributed by atoms with Crippen molar-refractivity contribution in [3.05, 3.63) is 59.7 Å². The predicted molar refractivity (Wildman–Crippen MR) is 121 cm³/mol. The normalized spacial score (nSPS) is 22.2. The summed E-state index contributed by atoms with van der Waals surface area (Å²) in [5, 5.41) is 3.00. The van der Waals surface area contributed by atoms with Gasteiger partial charge in [0.15, 0.2) is 11.5 Å². The molecule has 0 radical (unpaired) electrons. The van der Waals surface area contributed by atoms with Gasteiger partial charge in [0.2, 0.25) is 0 Å². The van der Waals surface area contributed by atoms with Crippen LogP contribution in [-0.4, -0.2) is 54.6 Å². The summed E-state index contributed by atoms with van der Waals surface area (Å²) in [5.41, 5.74) is 1.14. The van der Waals surface area contributed by atoms with Crippen molar-refractivity contribution in [2.24, 2.45) is 5.92 Å². The molecule has 2 saturated heterocycles. The number of nitrogens with zero attached hydrogens (tertiary/aromatic N) is 2. The van der Waals surface area contributed by atoms with Gasteiger partial charge in [-0.05, 0) is 50.4 Å². The molecule has 0 bridgehead atoms. The molecule has 2 fully saturated rings. The number of para-hydroxylation sites is 1. The van der Waals surface area contributed by atoms with Crippen LogP contribution < -0.4 is 14.8 Å². The molecule has 7 heteroatoms. The summed E-state index contributed by atoms with van der Waals surface area (Å²) in [5.74, 6) is 1.04. The molecule has 1 N–H and O–H groups in total. The van der Waals surface area contributed by atoms with Crippen molar-refractivity contribution in [1.29, 1.82) is 0 Å². The number of urea groups is 1. The molecule has 0 aromatic heterocycles. The third-order valence-electron chi connectivity index (χ3n) is 6.77. The fourth-order valence-corrected chi connectivity index (χ4v) is 4.89. The molecule has 2 heterocycles. The third-order valence-corrected chi connectivity index (χ3v) is 6.77. The average Bonchev–Trinajstić information content (AvgIpc) is 3.03. The maximum absolute atomic E-state index is 13.4. The first-order valence-corrected chi connectivity index (χ1v) is 11.1. The fraction of sp³-hybridized carbons (Fsp3) is 0.440. The lowest BCUT2D eigenvalue weighted by Crippen LogP contribution is -2.53. The number of likely N-dealkylation sites (tertiary alicyclic amines) is 1. The lowest BCUT2D eigenvalue weighted by atomic mass is 9.79. The van der Waals surface area contributed by atoms with Crippen molar-refractivity contribution in [1.82, 2.24) is 15.1 Å². The second-order valence-electron chi connectivity index (χ2n) is 8.71. The lowest BCUT2D eigenvalue weighted by molar-refractivity contribution is -0.133. The van der Waals surface area contributed by atoms with Crippen LogP contribution in [0.4, 0.5) is 4.79 Å². The number of rotatable bonds is 7. The van der Waals surface area contributed by atoms with Gasteiger partial charge >= 0.3 is 6.03 Å². The zero-order valence-electron chi connectivity index (χ0n) is 19.0. The summed E-state index contributed by atoms with van der Waals surface area (Å²) >= 11 is 0.